The molecule has 0 bridgehead atoms. The molecule has 0 fully saturated rings. The fourth-order valence-corrected chi connectivity index (χ4v) is 1.54. The van der Waals surface area contributed by atoms with Gasteiger partial charge in [-0.05, 0) is 24.6 Å². The molecule has 0 atom stereocenters. The van der Waals surface area contributed by atoms with Crippen molar-refractivity contribution in [3.63, 3.8) is 0 Å². The van der Waals surface area contributed by atoms with Crippen LogP contribution in [0.4, 0.5) is 0 Å². The van der Waals surface area contributed by atoms with Gasteiger partial charge in [0.15, 0.2) is 6.61 Å². The van der Waals surface area contributed by atoms with Gasteiger partial charge in [-0.2, -0.15) is 5.26 Å². The molecule has 0 aliphatic rings. The molecule has 0 spiro atoms. The van der Waals surface area contributed by atoms with Gasteiger partial charge in [-0.1, -0.05) is 22.9 Å². The molecule has 0 heterocycles. The first-order valence-electron chi connectivity index (χ1n) is 5.26. The molecule has 1 aromatic carbocycles. The van der Waals surface area contributed by atoms with Crippen LogP contribution in [0.2, 0.25) is 0 Å². The molecule has 90 valence electrons. The van der Waals surface area contributed by atoms with Crippen molar-refractivity contribution in [3.05, 3.63) is 28.2 Å². The Morgan fingerprint density at radius 2 is 2.35 bits per heavy atom. The Morgan fingerprint density at radius 1 is 1.59 bits per heavy atom. The van der Waals surface area contributed by atoms with Gasteiger partial charge in [0.1, 0.15) is 11.8 Å². The summed E-state index contributed by atoms with van der Waals surface area (Å²) in [7, 11) is 0. The maximum atomic E-state index is 11.3. The van der Waals surface area contributed by atoms with Crippen LogP contribution in [0.3, 0.4) is 0 Å². The van der Waals surface area contributed by atoms with Crippen LogP contribution >= 0.6 is 15.9 Å². The van der Waals surface area contributed by atoms with Gasteiger partial charge < -0.3 is 10.1 Å². The largest absolute Gasteiger partial charge is 0.482 e. The number of benzene rings is 1. The van der Waals surface area contributed by atoms with E-state index in [9.17, 15) is 4.79 Å². The van der Waals surface area contributed by atoms with Gasteiger partial charge in [-0.3, -0.25) is 4.79 Å². The highest BCUT2D eigenvalue weighted by atomic mass is 79.9. The van der Waals surface area contributed by atoms with Gasteiger partial charge in [0, 0.05) is 11.0 Å². The van der Waals surface area contributed by atoms with Crippen LogP contribution in [0.5, 0.6) is 5.75 Å². The maximum absolute atomic E-state index is 11.3. The number of nitrogens with one attached hydrogen (secondary N) is 1. The molecule has 4 nitrogen and oxygen atoms in total. The Kier molecular flexibility index (Phi) is 5.50. The molecule has 0 aliphatic carbocycles. The van der Waals surface area contributed by atoms with Gasteiger partial charge in [-0.25, -0.2) is 0 Å². The fraction of sp³-hybridized carbons (Fsp3) is 0.333. The van der Waals surface area contributed by atoms with E-state index in [1.54, 1.807) is 18.2 Å². The van der Waals surface area contributed by atoms with Gasteiger partial charge in [0.05, 0.1) is 5.56 Å². The first-order chi connectivity index (χ1) is 8.17. The van der Waals surface area contributed by atoms with E-state index in [0.717, 1.165) is 10.9 Å². The van der Waals surface area contributed by atoms with Crippen LogP contribution in [-0.2, 0) is 4.79 Å². The molecular weight excluding hydrogens is 284 g/mol. The van der Waals surface area contributed by atoms with Crippen LogP contribution in [-0.4, -0.2) is 19.1 Å². The van der Waals surface area contributed by atoms with Gasteiger partial charge in [0.25, 0.3) is 5.91 Å². The zero-order valence-corrected chi connectivity index (χ0v) is 11.1. The highest BCUT2D eigenvalue weighted by molar-refractivity contribution is 9.10. The summed E-state index contributed by atoms with van der Waals surface area (Å²) in [5.74, 6) is 0.237. The summed E-state index contributed by atoms with van der Waals surface area (Å²) in [6.45, 7) is 2.54. The molecule has 0 aromatic heterocycles. The molecule has 1 aromatic rings. The quantitative estimate of drug-likeness (QED) is 0.906. The zero-order valence-electron chi connectivity index (χ0n) is 9.50. The van der Waals surface area contributed by atoms with Crippen LogP contribution < -0.4 is 10.1 Å². The Balaban J connectivity index is 2.58. The number of carbonyl (C=O) groups is 1. The Labute approximate surface area is 109 Å². The molecule has 0 aliphatic heterocycles. The molecular formula is C12H13BrN2O2. The second-order valence-corrected chi connectivity index (χ2v) is 4.31. The number of amides is 1. The summed E-state index contributed by atoms with van der Waals surface area (Å²) >= 11 is 3.27. The molecule has 0 saturated carbocycles. The monoisotopic (exact) mass is 296 g/mol. The third kappa shape index (κ3) is 4.45. The van der Waals surface area contributed by atoms with Crippen molar-refractivity contribution in [3.8, 4) is 11.8 Å². The molecule has 1 N–H and O–H groups in total. The Hall–Kier alpha value is -1.54. The number of halogens is 1. The fourth-order valence-electron chi connectivity index (χ4n) is 1.17. The van der Waals surface area contributed by atoms with Crippen molar-refractivity contribution >= 4 is 21.8 Å². The lowest BCUT2D eigenvalue weighted by Crippen LogP contribution is -2.29. The summed E-state index contributed by atoms with van der Waals surface area (Å²) in [6.07, 6.45) is 0.882. The minimum atomic E-state index is -0.182. The number of hydrogen-bond acceptors (Lipinski definition) is 3. The number of rotatable bonds is 5. The maximum Gasteiger partial charge on any atom is 0.257 e. The van der Waals surface area contributed by atoms with E-state index in [4.69, 9.17) is 10.00 Å². The highest BCUT2D eigenvalue weighted by Gasteiger charge is 2.06. The minimum Gasteiger partial charge on any atom is -0.482 e. The second-order valence-electron chi connectivity index (χ2n) is 3.39. The Bertz CT molecular complexity index is 441. The van der Waals surface area contributed by atoms with Crippen LogP contribution in [0.1, 0.15) is 18.9 Å². The summed E-state index contributed by atoms with van der Waals surface area (Å²) in [5.41, 5.74) is 0.405. The molecule has 1 rings (SSSR count). The summed E-state index contributed by atoms with van der Waals surface area (Å²) in [5, 5.41) is 11.6. The summed E-state index contributed by atoms with van der Waals surface area (Å²) in [4.78, 5) is 11.3. The first kappa shape index (κ1) is 13.5. The van der Waals surface area contributed by atoms with E-state index >= 15 is 0 Å². The molecule has 1 amide bonds. The normalized spacial score (nSPS) is 9.47. The molecule has 0 unspecified atom stereocenters. The van der Waals surface area contributed by atoms with Gasteiger partial charge in [-0.15, -0.1) is 0 Å². The van der Waals surface area contributed by atoms with Crippen LogP contribution in [0, 0.1) is 11.3 Å². The zero-order chi connectivity index (χ0) is 12.7. The average Bonchev–Trinajstić information content (AvgIpc) is 2.34. The molecule has 0 saturated heterocycles. The summed E-state index contributed by atoms with van der Waals surface area (Å²) in [6, 6.07) is 7.10. The second kappa shape index (κ2) is 6.92. The Morgan fingerprint density at radius 3 is 3.00 bits per heavy atom. The van der Waals surface area contributed by atoms with E-state index in [1.807, 2.05) is 13.0 Å². The first-order valence-corrected chi connectivity index (χ1v) is 6.05. The van der Waals surface area contributed by atoms with E-state index in [2.05, 4.69) is 21.2 Å². The van der Waals surface area contributed by atoms with E-state index < -0.39 is 0 Å². The van der Waals surface area contributed by atoms with E-state index in [0.29, 0.717) is 17.9 Å². The number of nitriles is 1. The van der Waals surface area contributed by atoms with E-state index in [1.165, 1.54) is 0 Å². The lowest BCUT2D eigenvalue weighted by Gasteiger charge is -2.08. The van der Waals surface area contributed by atoms with Crippen molar-refractivity contribution in [2.24, 2.45) is 0 Å². The predicted molar refractivity (Wildman–Crippen MR) is 67.7 cm³/mol. The lowest BCUT2D eigenvalue weighted by atomic mass is 10.2. The predicted octanol–water partition coefficient (Wildman–Crippen LogP) is 2.23. The number of carbonyl (C=O) groups excluding carboxylic acids is 1. The van der Waals surface area contributed by atoms with Gasteiger partial charge in [0.2, 0.25) is 0 Å². The van der Waals surface area contributed by atoms with Crippen LogP contribution in [0.25, 0.3) is 0 Å². The molecule has 5 heteroatoms. The van der Waals surface area contributed by atoms with Gasteiger partial charge >= 0.3 is 0 Å². The number of ether oxygens (including phenoxy) is 1. The lowest BCUT2D eigenvalue weighted by molar-refractivity contribution is -0.123. The standard InChI is InChI=1S/C12H13BrN2O2/c1-2-5-15-12(16)8-17-11-4-3-10(13)6-9(11)7-14/h3-4,6H,2,5,8H2,1H3,(H,15,16). The average molecular weight is 297 g/mol. The summed E-state index contributed by atoms with van der Waals surface area (Å²) < 4.78 is 6.09. The SMILES string of the molecule is CCCNC(=O)COc1ccc(Br)cc1C#N. The van der Waals surface area contributed by atoms with Crippen LogP contribution in [0.15, 0.2) is 22.7 Å². The van der Waals surface area contributed by atoms with Crippen molar-refractivity contribution in [1.82, 2.24) is 5.32 Å². The van der Waals surface area contributed by atoms with Crippen molar-refractivity contribution < 1.29 is 9.53 Å². The van der Waals surface area contributed by atoms with Crippen molar-refractivity contribution in [2.45, 2.75) is 13.3 Å². The smallest absolute Gasteiger partial charge is 0.257 e. The molecule has 0 radical (unpaired) electrons. The topological polar surface area (TPSA) is 62.1 Å². The minimum absolute atomic E-state index is 0.0731. The number of hydrogen-bond donors (Lipinski definition) is 1. The third-order valence-electron chi connectivity index (χ3n) is 1.99. The van der Waals surface area contributed by atoms with Crippen molar-refractivity contribution in [2.75, 3.05) is 13.2 Å². The molecule has 17 heavy (non-hydrogen) atoms. The highest BCUT2D eigenvalue weighted by Crippen LogP contribution is 2.22. The van der Waals surface area contributed by atoms with Crippen molar-refractivity contribution in [1.29, 1.82) is 5.26 Å². The number of nitrogens with zero attached hydrogens (tertiary/aromatic N) is 1. The van der Waals surface area contributed by atoms with E-state index in [-0.39, 0.29) is 12.5 Å². The third-order valence-corrected chi connectivity index (χ3v) is 2.49.